The smallest absolute Gasteiger partial charge is 0.124 e. The first-order valence-corrected chi connectivity index (χ1v) is 6.32. The predicted molar refractivity (Wildman–Crippen MR) is 65.5 cm³/mol. The van der Waals surface area contributed by atoms with Crippen molar-refractivity contribution in [1.29, 1.82) is 0 Å². The summed E-state index contributed by atoms with van der Waals surface area (Å²) in [5, 5.41) is 0.509. The Labute approximate surface area is 105 Å². The normalized spacial score (nSPS) is 21.6. The van der Waals surface area contributed by atoms with E-state index < -0.39 is 0 Å². The van der Waals surface area contributed by atoms with E-state index in [0.29, 0.717) is 16.8 Å². The van der Waals surface area contributed by atoms with E-state index in [2.05, 4.69) is 4.90 Å². The SMILES string of the molecule is Fc1ccc(CN2CCC(CCl)C2)c(Cl)c1. The zero-order chi connectivity index (χ0) is 11.5. The average Bonchev–Trinajstić information content (AvgIpc) is 2.70. The number of benzene rings is 1. The highest BCUT2D eigenvalue weighted by molar-refractivity contribution is 6.31. The molecule has 1 aliphatic heterocycles. The second kappa shape index (κ2) is 5.35. The zero-order valence-corrected chi connectivity index (χ0v) is 10.4. The summed E-state index contributed by atoms with van der Waals surface area (Å²) in [6, 6.07) is 4.58. The summed E-state index contributed by atoms with van der Waals surface area (Å²) in [5.74, 6) is 1.02. The maximum Gasteiger partial charge on any atom is 0.124 e. The number of alkyl halides is 1. The van der Waals surface area contributed by atoms with Gasteiger partial charge in [0.2, 0.25) is 0 Å². The van der Waals surface area contributed by atoms with Gasteiger partial charge in [0.15, 0.2) is 0 Å². The lowest BCUT2D eigenvalue weighted by atomic mass is 10.2. The van der Waals surface area contributed by atoms with Gasteiger partial charge in [0.1, 0.15) is 5.82 Å². The second-order valence-electron chi connectivity index (χ2n) is 4.28. The standard InChI is InChI=1S/C12H14Cl2FN/c13-6-9-3-4-16(7-9)8-10-1-2-11(15)5-12(10)14/h1-2,5,9H,3-4,6-8H2. The van der Waals surface area contributed by atoms with Gasteiger partial charge in [0.05, 0.1) is 0 Å². The minimum atomic E-state index is -0.284. The molecule has 0 N–H and O–H groups in total. The van der Waals surface area contributed by atoms with E-state index in [-0.39, 0.29) is 5.82 Å². The lowest BCUT2D eigenvalue weighted by Gasteiger charge is -2.16. The Morgan fingerprint density at radius 2 is 2.25 bits per heavy atom. The van der Waals surface area contributed by atoms with Crippen LogP contribution >= 0.6 is 23.2 Å². The lowest BCUT2D eigenvalue weighted by molar-refractivity contribution is 0.321. The highest BCUT2D eigenvalue weighted by Crippen LogP contribution is 2.23. The molecule has 1 nitrogen and oxygen atoms in total. The second-order valence-corrected chi connectivity index (χ2v) is 5.00. The molecule has 16 heavy (non-hydrogen) atoms. The van der Waals surface area contributed by atoms with Crippen LogP contribution in [0.4, 0.5) is 4.39 Å². The Kier molecular flexibility index (Phi) is 4.06. The van der Waals surface area contributed by atoms with Crippen molar-refractivity contribution in [2.24, 2.45) is 5.92 Å². The maximum absolute atomic E-state index is 12.9. The van der Waals surface area contributed by atoms with Crippen molar-refractivity contribution in [1.82, 2.24) is 4.90 Å². The molecule has 4 heteroatoms. The van der Waals surface area contributed by atoms with E-state index >= 15 is 0 Å². The molecule has 0 spiro atoms. The Hall–Kier alpha value is -0.310. The van der Waals surface area contributed by atoms with Gasteiger partial charge in [0.25, 0.3) is 0 Å². The van der Waals surface area contributed by atoms with E-state index in [1.54, 1.807) is 6.07 Å². The predicted octanol–water partition coefficient (Wildman–Crippen LogP) is 3.54. The zero-order valence-electron chi connectivity index (χ0n) is 8.93. The number of nitrogens with zero attached hydrogens (tertiary/aromatic N) is 1. The molecule has 1 aliphatic rings. The van der Waals surface area contributed by atoms with Gasteiger partial charge in [0, 0.05) is 24.0 Å². The summed E-state index contributed by atoms with van der Waals surface area (Å²) in [6.45, 7) is 2.84. The summed E-state index contributed by atoms with van der Waals surface area (Å²) >= 11 is 11.8. The Bertz CT molecular complexity index is 370. The molecular formula is C12H14Cl2FN. The van der Waals surface area contributed by atoms with Crippen molar-refractivity contribution in [2.45, 2.75) is 13.0 Å². The fourth-order valence-corrected chi connectivity index (χ4v) is 2.55. The average molecular weight is 262 g/mol. The molecule has 2 rings (SSSR count). The van der Waals surface area contributed by atoms with Crippen LogP contribution in [0.25, 0.3) is 0 Å². The molecule has 1 saturated heterocycles. The van der Waals surface area contributed by atoms with Crippen molar-refractivity contribution >= 4 is 23.2 Å². The van der Waals surface area contributed by atoms with Gasteiger partial charge in [-0.15, -0.1) is 11.6 Å². The van der Waals surface area contributed by atoms with Gasteiger partial charge >= 0.3 is 0 Å². The number of halogens is 3. The minimum Gasteiger partial charge on any atom is -0.299 e. The van der Waals surface area contributed by atoms with E-state index in [4.69, 9.17) is 23.2 Å². The summed E-state index contributed by atoms with van der Waals surface area (Å²) in [6.07, 6.45) is 1.14. The van der Waals surface area contributed by atoms with Crippen LogP contribution in [0.5, 0.6) is 0 Å². The first kappa shape index (κ1) is 12.2. The third-order valence-electron chi connectivity index (χ3n) is 3.00. The molecule has 1 heterocycles. The summed E-state index contributed by atoms with van der Waals surface area (Å²) in [4.78, 5) is 2.31. The fraction of sp³-hybridized carbons (Fsp3) is 0.500. The van der Waals surface area contributed by atoms with Crippen LogP contribution in [0.1, 0.15) is 12.0 Å². The third-order valence-corrected chi connectivity index (χ3v) is 3.79. The topological polar surface area (TPSA) is 3.24 Å². The maximum atomic E-state index is 12.9. The first-order chi connectivity index (χ1) is 7.69. The summed E-state index contributed by atoms with van der Waals surface area (Å²) in [7, 11) is 0. The fourth-order valence-electron chi connectivity index (χ4n) is 2.07. The minimum absolute atomic E-state index is 0.284. The quantitative estimate of drug-likeness (QED) is 0.753. The van der Waals surface area contributed by atoms with Gasteiger partial charge in [-0.25, -0.2) is 4.39 Å². The molecule has 0 amide bonds. The number of hydrogen-bond acceptors (Lipinski definition) is 1. The van der Waals surface area contributed by atoms with Crippen LogP contribution in [-0.4, -0.2) is 23.9 Å². The molecule has 1 unspecified atom stereocenters. The van der Waals surface area contributed by atoms with Crippen LogP contribution < -0.4 is 0 Å². The largest absolute Gasteiger partial charge is 0.299 e. The molecule has 0 aromatic heterocycles. The Balaban J connectivity index is 1.99. The monoisotopic (exact) mass is 261 g/mol. The van der Waals surface area contributed by atoms with Crippen molar-refractivity contribution in [3.63, 3.8) is 0 Å². The van der Waals surface area contributed by atoms with Crippen molar-refractivity contribution in [2.75, 3.05) is 19.0 Å². The molecule has 1 aromatic carbocycles. The van der Waals surface area contributed by atoms with Gasteiger partial charge in [-0.3, -0.25) is 4.90 Å². The van der Waals surface area contributed by atoms with Crippen molar-refractivity contribution in [3.05, 3.63) is 34.6 Å². The Morgan fingerprint density at radius 3 is 2.88 bits per heavy atom. The number of likely N-dealkylation sites (tertiary alicyclic amines) is 1. The van der Waals surface area contributed by atoms with Crippen LogP contribution in [0, 0.1) is 11.7 Å². The lowest BCUT2D eigenvalue weighted by Crippen LogP contribution is -2.20. The molecule has 1 fully saturated rings. The molecule has 1 aromatic rings. The molecule has 0 radical (unpaired) electrons. The van der Waals surface area contributed by atoms with Gasteiger partial charge < -0.3 is 0 Å². The van der Waals surface area contributed by atoms with E-state index in [1.807, 2.05) is 0 Å². The molecular weight excluding hydrogens is 248 g/mol. The molecule has 0 bridgehead atoms. The highest BCUT2D eigenvalue weighted by Gasteiger charge is 2.21. The van der Waals surface area contributed by atoms with E-state index in [1.165, 1.54) is 12.1 Å². The number of hydrogen-bond donors (Lipinski definition) is 0. The molecule has 0 saturated carbocycles. The van der Waals surface area contributed by atoms with Crippen molar-refractivity contribution in [3.8, 4) is 0 Å². The van der Waals surface area contributed by atoms with Crippen LogP contribution in [0.3, 0.4) is 0 Å². The third kappa shape index (κ3) is 2.88. The molecule has 88 valence electrons. The van der Waals surface area contributed by atoms with Crippen LogP contribution in [-0.2, 0) is 6.54 Å². The van der Waals surface area contributed by atoms with Gasteiger partial charge in [-0.1, -0.05) is 17.7 Å². The number of rotatable bonds is 3. The summed E-state index contributed by atoms with van der Waals surface area (Å²) < 4.78 is 12.9. The Morgan fingerprint density at radius 1 is 1.44 bits per heavy atom. The van der Waals surface area contributed by atoms with Crippen LogP contribution in [0.2, 0.25) is 5.02 Å². The van der Waals surface area contributed by atoms with Gasteiger partial charge in [-0.05, 0) is 36.6 Å². The molecule has 0 aliphatic carbocycles. The van der Waals surface area contributed by atoms with E-state index in [0.717, 1.165) is 31.6 Å². The first-order valence-electron chi connectivity index (χ1n) is 5.41. The molecule has 1 atom stereocenters. The van der Waals surface area contributed by atoms with Crippen molar-refractivity contribution < 1.29 is 4.39 Å². The van der Waals surface area contributed by atoms with Crippen LogP contribution in [0.15, 0.2) is 18.2 Å². The van der Waals surface area contributed by atoms with E-state index in [9.17, 15) is 4.39 Å². The van der Waals surface area contributed by atoms with Gasteiger partial charge in [-0.2, -0.15) is 0 Å². The highest BCUT2D eigenvalue weighted by atomic mass is 35.5. The summed E-state index contributed by atoms with van der Waals surface area (Å²) in [5.41, 5.74) is 0.985.